The summed E-state index contributed by atoms with van der Waals surface area (Å²) in [6, 6.07) is 25.7. The van der Waals surface area contributed by atoms with Crippen LogP contribution in [-0.4, -0.2) is 45.8 Å². The van der Waals surface area contributed by atoms with E-state index in [9.17, 15) is 0 Å². The number of nitrogens with zero attached hydrogens (tertiary/aromatic N) is 1. The predicted octanol–water partition coefficient (Wildman–Crippen LogP) is 2.99. The Morgan fingerprint density at radius 1 is 0.880 bits per heavy atom. The quantitative estimate of drug-likeness (QED) is 0.785. The lowest BCUT2D eigenvalue weighted by Gasteiger charge is -2.42. The number of morpholine rings is 1. The molecule has 0 bridgehead atoms. The lowest BCUT2D eigenvalue weighted by Crippen LogP contribution is -2.61. The first-order valence-electron chi connectivity index (χ1n) is 9.78. The van der Waals surface area contributed by atoms with E-state index in [4.69, 9.17) is 4.74 Å². The zero-order valence-electron chi connectivity index (χ0n) is 15.1. The van der Waals surface area contributed by atoms with Crippen LogP contribution in [-0.2, 0) is 4.74 Å². The highest BCUT2D eigenvalue weighted by atomic mass is 28.3. The first-order valence-corrected chi connectivity index (χ1v) is 12.2. The lowest BCUT2D eigenvalue weighted by molar-refractivity contribution is 0.0309. The average molecular weight is 352 g/mol. The summed E-state index contributed by atoms with van der Waals surface area (Å²) in [7, 11) is -1.64. The molecule has 2 heterocycles. The van der Waals surface area contributed by atoms with E-state index >= 15 is 0 Å². The summed E-state index contributed by atoms with van der Waals surface area (Å²) in [5, 5.41) is 3.26. The molecule has 1 atom stereocenters. The molecule has 4 rings (SSSR count). The molecule has 2 aromatic carbocycles. The monoisotopic (exact) mass is 351 g/mol. The molecule has 3 heteroatoms. The van der Waals surface area contributed by atoms with E-state index in [0.717, 1.165) is 32.2 Å². The lowest BCUT2D eigenvalue weighted by atomic mass is 10.0. The summed E-state index contributed by atoms with van der Waals surface area (Å²) in [6.07, 6.45) is 2.77. The van der Waals surface area contributed by atoms with E-state index in [1.807, 2.05) is 0 Å². The molecule has 0 aromatic heterocycles. The first kappa shape index (κ1) is 17.0. The van der Waals surface area contributed by atoms with Crippen molar-refractivity contribution in [3.63, 3.8) is 0 Å². The van der Waals surface area contributed by atoms with Crippen molar-refractivity contribution in [2.75, 3.05) is 32.8 Å². The van der Waals surface area contributed by atoms with Crippen molar-refractivity contribution in [2.45, 2.75) is 24.9 Å². The van der Waals surface area contributed by atoms with Gasteiger partial charge in [-0.25, -0.2) is 0 Å². The van der Waals surface area contributed by atoms with Crippen LogP contribution < -0.4 is 10.4 Å². The molecule has 2 saturated heterocycles. The van der Waals surface area contributed by atoms with Crippen LogP contribution in [0.2, 0.25) is 12.1 Å². The van der Waals surface area contributed by atoms with Gasteiger partial charge in [0.05, 0.1) is 13.2 Å². The molecule has 2 nitrogen and oxygen atoms in total. The van der Waals surface area contributed by atoms with Crippen LogP contribution in [0.4, 0.5) is 0 Å². The molecule has 0 aliphatic carbocycles. The molecule has 2 aliphatic heterocycles. The third-order valence-electron chi connectivity index (χ3n) is 6.13. The fourth-order valence-electron chi connectivity index (χ4n) is 4.90. The molecule has 2 fully saturated rings. The molecule has 0 unspecified atom stereocenters. The minimum absolute atomic E-state index is 0.832. The van der Waals surface area contributed by atoms with Crippen LogP contribution in [0.1, 0.15) is 12.8 Å². The Morgan fingerprint density at radius 3 is 2.08 bits per heavy atom. The molecule has 2 aliphatic rings. The molecule has 25 heavy (non-hydrogen) atoms. The van der Waals surface area contributed by atoms with Gasteiger partial charge in [0.1, 0.15) is 8.07 Å². The molecular weight excluding hydrogens is 322 g/mol. The largest absolute Gasteiger partial charge is 0.379 e. The summed E-state index contributed by atoms with van der Waals surface area (Å²) in [5.74, 6) is 0.832. The minimum Gasteiger partial charge on any atom is -0.379 e. The highest BCUT2D eigenvalue weighted by Gasteiger charge is 2.41. The Balaban J connectivity index is 1.61. The van der Waals surface area contributed by atoms with Crippen LogP contribution in [0.3, 0.4) is 0 Å². The topological polar surface area (TPSA) is 12.5 Å². The highest BCUT2D eigenvalue weighted by molar-refractivity contribution is 7.02. The van der Waals surface area contributed by atoms with Gasteiger partial charge in [-0.1, -0.05) is 77.5 Å². The van der Waals surface area contributed by atoms with Crippen LogP contribution in [0.5, 0.6) is 0 Å². The van der Waals surface area contributed by atoms with Crippen LogP contribution in [0.15, 0.2) is 60.7 Å². The maximum atomic E-state index is 5.54. The fraction of sp³-hybridized carbons (Fsp3) is 0.455. The SMILES string of the molecule is c1ccc([Si]2(c3ccccc3)CCC[C@@H](CN3CCOCC3)C2)cc1. The van der Waals surface area contributed by atoms with Crippen molar-refractivity contribution in [2.24, 2.45) is 5.92 Å². The van der Waals surface area contributed by atoms with Gasteiger partial charge >= 0.3 is 0 Å². The van der Waals surface area contributed by atoms with E-state index in [2.05, 4.69) is 65.6 Å². The van der Waals surface area contributed by atoms with Crippen molar-refractivity contribution in [3.8, 4) is 0 Å². The van der Waals surface area contributed by atoms with Crippen LogP contribution in [0.25, 0.3) is 0 Å². The molecule has 132 valence electrons. The van der Waals surface area contributed by atoms with Gasteiger partial charge < -0.3 is 4.74 Å². The number of hydrogen-bond acceptors (Lipinski definition) is 2. The Labute approximate surface area is 152 Å². The molecule has 0 spiro atoms. The minimum atomic E-state index is -1.64. The number of ether oxygens (including phenoxy) is 1. The van der Waals surface area contributed by atoms with Crippen molar-refractivity contribution in [3.05, 3.63) is 60.7 Å². The van der Waals surface area contributed by atoms with E-state index in [1.54, 1.807) is 10.4 Å². The third kappa shape index (κ3) is 3.74. The van der Waals surface area contributed by atoms with Gasteiger partial charge in [-0.3, -0.25) is 4.90 Å². The van der Waals surface area contributed by atoms with E-state index in [1.165, 1.54) is 31.5 Å². The smallest absolute Gasteiger partial charge is 0.118 e. The number of rotatable bonds is 4. The van der Waals surface area contributed by atoms with Gasteiger partial charge in [0.25, 0.3) is 0 Å². The van der Waals surface area contributed by atoms with Crippen LogP contribution >= 0.6 is 0 Å². The Morgan fingerprint density at radius 2 is 1.48 bits per heavy atom. The Kier molecular flexibility index (Phi) is 5.35. The molecule has 0 amide bonds. The summed E-state index contributed by atoms with van der Waals surface area (Å²) < 4.78 is 5.54. The summed E-state index contributed by atoms with van der Waals surface area (Å²) in [4.78, 5) is 2.63. The molecule has 2 aromatic rings. The maximum absolute atomic E-state index is 5.54. The zero-order chi connectivity index (χ0) is 17.0. The van der Waals surface area contributed by atoms with Gasteiger partial charge in [0.15, 0.2) is 0 Å². The third-order valence-corrected chi connectivity index (χ3v) is 11.5. The molecule has 0 radical (unpaired) electrons. The van der Waals surface area contributed by atoms with Crippen molar-refractivity contribution in [1.82, 2.24) is 4.90 Å². The zero-order valence-corrected chi connectivity index (χ0v) is 16.1. The van der Waals surface area contributed by atoms with Crippen molar-refractivity contribution < 1.29 is 4.74 Å². The van der Waals surface area contributed by atoms with Gasteiger partial charge in [-0.2, -0.15) is 0 Å². The summed E-state index contributed by atoms with van der Waals surface area (Å²) in [5.41, 5.74) is 0. The maximum Gasteiger partial charge on any atom is 0.118 e. The number of benzene rings is 2. The van der Waals surface area contributed by atoms with Gasteiger partial charge in [-0.15, -0.1) is 0 Å². The van der Waals surface area contributed by atoms with Gasteiger partial charge in [-0.05, 0) is 24.4 Å². The van der Waals surface area contributed by atoms with Crippen LogP contribution in [0, 0.1) is 5.92 Å². The second-order valence-electron chi connectivity index (χ2n) is 7.69. The highest BCUT2D eigenvalue weighted by Crippen LogP contribution is 2.33. The van der Waals surface area contributed by atoms with Crippen molar-refractivity contribution in [1.29, 1.82) is 0 Å². The van der Waals surface area contributed by atoms with Gasteiger partial charge in [0, 0.05) is 19.6 Å². The number of hydrogen-bond donors (Lipinski definition) is 0. The molecule has 0 N–H and O–H groups in total. The average Bonchev–Trinajstić information content (AvgIpc) is 2.70. The summed E-state index contributed by atoms with van der Waals surface area (Å²) in [6.45, 7) is 5.31. The second-order valence-corrected chi connectivity index (χ2v) is 11.9. The van der Waals surface area contributed by atoms with E-state index in [0.29, 0.717) is 0 Å². The van der Waals surface area contributed by atoms with Gasteiger partial charge in [0.2, 0.25) is 0 Å². The second kappa shape index (κ2) is 7.86. The fourth-order valence-corrected chi connectivity index (χ4v) is 10.3. The Bertz CT molecular complexity index is 615. The normalized spacial score (nSPS) is 24.1. The predicted molar refractivity (Wildman–Crippen MR) is 108 cm³/mol. The summed E-state index contributed by atoms with van der Waals surface area (Å²) >= 11 is 0. The first-order chi connectivity index (χ1) is 12.4. The van der Waals surface area contributed by atoms with E-state index in [-0.39, 0.29) is 0 Å². The Hall–Kier alpha value is -1.42. The standard InChI is InChI=1S/C22H29NOSi/c1-3-9-21(10-4-1)25(22-11-5-2-6-12-22)17-7-8-20(19-25)18-23-13-15-24-16-14-23/h1-6,9-12,20H,7-8,13-19H2/t20-/m0/s1. The molecular formula is C22H29NOSi. The molecule has 0 saturated carbocycles. The van der Waals surface area contributed by atoms with E-state index < -0.39 is 8.07 Å². The van der Waals surface area contributed by atoms with Crippen molar-refractivity contribution >= 4 is 18.4 Å².